The number of nitriles is 1. The number of hydrogen-bond acceptors (Lipinski definition) is 6. The number of aryl methyl sites for hydroxylation is 2. The van der Waals surface area contributed by atoms with Crippen molar-refractivity contribution in [3.05, 3.63) is 65.0 Å². The Morgan fingerprint density at radius 2 is 2.09 bits per heavy atom. The van der Waals surface area contributed by atoms with Gasteiger partial charge in [-0.1, -0.05) is 0 Å². The van der Waals surface area contributed by atoms with Crippen LogP contribution in [0.15, 0.2) is 36.7 Å². The molecule has 2 N–H and O–H groups in total. The molecule has 0 spiro atoms. The van der Waals surface area contributed by atoms with Crippen LogP contribution in [-0.2, 0) is 13.6 Å². The second-order valence-electron chi connectivity index (χ2n) is 8.46. The molecule has 9 heteroatoms. The average Bonchev–Trinajstić information content (AvgIpc) is 3.47. The van der Waals surface area contributed by atoms with E-state index in [9.17, 15) is 9.65 Å². The Labute approximate surface area is 189 Å². The Morgan fingerprint density at radius 3 is 2.91 bits per heavy atom. The van der Waals surface area contributed by atoms with Gasteiger partial charge in [-0.05, 0) is 37.6 Å². The summed E-state index contributed by atoms with van der Waals surface area (Å²) in [4.78, 5) is 4.33. The number of nitrogens with two attached hydrogens (primary N) is 1. The third kappa shape index (κ3) is 2.77. The molecule has 4 aromatic rings. The van der Waals surface area contributed by atoms with E-state index < -0.39 is 6.10 Å². The maximum atomic E-state index is 14.4. The molecule has 0 fully saturated rings. The number of benzene rings is 1. The smallest absolute Gasteiger partial charge is 0.170 e. The standard InChI is InChI=1S/C24H20FN7O/c1-12-17-8-14(25)3-4-15(17)22-18(11-29-31(22)2)16-5-6-32-23(16)21(19(9-26)30-32)13-7-20(33-12)24(27)28-10-13/h3-4,7-8,10-12,16H,5-6H2,1-2H3,(H2,27,28)/t12-,16?/m1/s1. The summed E-state index contributed by atoms with van der Waals surface area (Å²) in [5, 5.41) is 19.0. The van der Waals surface area contributed by atoms with Crippen LogP contribution < -0.4 is 10.5 Å². The summed E-state index contributed by atoms with van der Waals surface area (Å²) in [6.45, 7) is 2.54. The van der Waals surface area contributed by atoms with Crippen molar-refractivity contribution in [3.63, 3.8) is 0 Å². The highest BCUT2D eigenvalue weighted by molar-refractivity contribution is 5.77. The fourth-order valence-electron chi connectivity index (χ4n) is 5.12. The van der Waals surface area contributed by atoms with Gasteiger partial charge in [-0.25, -0.2) is 9.37 Å². The van der Waals surface area contributed by atoms with E-state index >= 15 is 0 Å². The molecule has 164 valence electrons. The number of ether oxygens (including phenoxy) is 1. The first-order valence-electron chi connectivity index (χ1n) is 10.7. The zero-order valence-electron chi connectivity index (χ0n) is 18.1. The van der Waals surface area contributed by atoms with E-state index in [1.807, 2.05) is 29.5 Å². The number of pyridine rings is 1. The van der Waals surface area contributed by atoms with Crippen LogP contribution in [0.25, 0.3) is 22.4 Å². The van der Waals surface area contributed by atoms with Crippen LogP contribution in [0.2, 0.25) is 0 Å². The minimum absolute atomic E-state index is 0.0344. The SMILES string of the molecule is C[C@H]1Oc2cc(cnc2N)-c2c(C#N)nn3c2C(CC3)c2cnn(C)c2-c2ccc(F)cc21. The van der Waals surface area contributed by atoms with Gasteiger partial charge in [-0.15, -0.1) is 0 Å². The third-order valence-electron chi connectivity index (χ3n) is 6.58. The minimum Gasteiger partial charge on any atom is -0.482 e. The van der Waals surface area contributed by atoms with Crippen molar-refractivity contribution in [2.24, 2.45) is 7.05 Å². The second-order valence-corrected chi connectivity index (χ2v) is 8.46. The van der Waals surface area contributed by atoms with Crippen LogP contribution >= 0.6 is 0 Å². The highest BCUT2D eigenvalue weighted by Crippen LogP contribution is 2.47. The van der Waals surface area contributed by atoms with Crippen LogP contribution in [0.1, 0.15) is 47.9 Å². The lowest BCUT2D eigenvalue weighted by molar-refractivity contribution is 0.227. The number of nitrogen functional groups attached to an aromatic ring is 1. The third-order valence-corrected chi connectivity index (χ3v) is 6.58. The Balaban J connectivity index is 1.72. The normalized spacial score (nSPS) is 18.2. The summed E-state index contributed by atoms with van der Waals surface area (Å²) in [5.41, 5.74) is 12.3. The van der Waals surface area contributed by atoms with Gasteiger partial charge in [0.25, 0.3) is 0 Å². The van der Waals surface area contributed by atoms with E-state index in [1.54, 1.807) is 18.3 Å². The topological polar surface area (TPSA) is 108 Å². The largest absolute Gasteiger partial charge is 0.482 e. The molecule has 0 amide bonds. The van der Waals surface area contributed by atoms with E-state index in [0.29, 0.717) is 29.1 Å². The number of anilines is 1. The summed E-state index contributed by atoms with van der Waals surface area (Å²) in [6, 6.07) is 8.73. The van der Waals surface area contributed by atoms with Gasteiger partial charge in [0.2, 0.25) is 0 Å². The molecule has 2 atom stereocenters. The predicted molar refractivity (Wildman–Crippen MR) is 119 cm³/mol. The van der Waals surface area contributed by atoms with Gasteiger partial charge in [0.15, 0.2) is 17.3 Å². The molecule has 0 saturated carbocycles. The number of nitrogens with zero attached hydrogens (tertiary/aromatic N) is 6. The Kier molecular flexibility index (Phi) is 4.08. The quantitative estimate of drug-likeness (QED) is 0.443. The molecule has 2 bridgehead atoms. The number of rotatable bonds is 0. The van der Waals surface area contributed by atoms with Gasteiger partial charge in [0, 0.05) is 53.5 Å². The first-order chi connectivity index (χ1) is 16.0. The average molecular weight is 441 g/mol. The lowest BCUT2D eigenvalue weighted by Crippen LogP contribution is -2.11. The molecule has 2 aliphatic heterocycles. The van der Waals surface area contributed by atoms with Crippen LogP contribution in [0.3, 0.4) is 0 Å². The van der Waals surface area contributed by atoms with Crippen molar-refractivity contribution in [3.8, 4) is 34.2 Å². The summed E-state index contributed by atoms with van der Waals surface area (Å²) >= 11 is 0. The monoisotopic (exact) mass is 441 g/mol. The summed E-state index contributed by atoms with van der Waals surface area (Å²) in [5.74, 6) is 0.215. The predicted octanol–water partition coefficient (Wildman–Crippen LogP) is 3.93. The summed E-state index contributed by atoms with van der Waals surface area (Å²) in [7, 11) is 1.88. The molecule has 2 aliphatic rings. The Morgan fingerprint density at radius 1 is 1.24 bits per heavy atom. The van der Waals surface area contributed by atoms with Crippen molar-refractivity contribution < 1.29 is 9.13 Å². The molecule has 0 saturated heterocycles. The van der Waals surface area contributed by atoms with Crippen molar-refractivity contribution in [2.75, 3.05) is 5.73 Å². The maximum absolute atomic E-state index is 14.4. The molecule has 0 aliphatic carbocycles. The van der Waals surface area contributed by atoms with Gasteiger partial charge in [0.05, 0.1) is 17.6 Å². The van der Waals surface area contributed by atoms with Gasteiger partial charge in [0.1, 0.15) is 18.0 Å². The zero-order valence-corrected chi connectivity index (χ0v) is 18.1. The molecule has 3 aromatic heterocycles. The molecule has 1 aromatic carbocycles. The lowest BCUT2D eigenvalue weighted by atomic mass is 9.87. The zero-order chi connectivity index (χ0) is 22.9. The van der Waals surface area contributed by atoms with Crippen molar-refractivity contribution in [1.82, 2.24) is 24.5 Å². The highest BCUT2D eigenvalue weighted by atomic mass is 19.1. The molecule has 1 unspecified atom stereocenters. The maximum Gasteiger partial charge on any atom is 0.170 e. The number of aromatic nitrogens is 5. The molecule has 33 heavy (non-hydrogen) atoms. The molecule has 0 radical (unpaired) electrons. The van der Waals surface area contributed by atoms with E-state index in [1.165, 1.54) is 12.1 Å². The number of fused-ring (bicyclic) bond motifs is 7. The van der Waals surface area contributed by atoms with Crippen molar-refractivity contribution >= 4 is 5.82 Å². The van der Waals surface area contributed by atoms with E-state index in [4.69, 9.17) is 10.5 Å². The van der Waals surface area contributed by atoms with E-state index in [2.05, 4.69) is 21.3 Å². The first-order valence-corrected chi connectivity index (χ1v) is 10.7. The molecule has 8 nitrogen and oxygen atoms in total. The van der Waals surface area contributed by atoms with Gasteiger partial charge in [-0.2, -0.15) is 15.5 Å². The summed E-state index contributed by atoms with van der Waals surface area (Å²) < 4.78 is 24.3. The second kappa shape index (κ2) is 6.90. The summed E-state index contributed by atoms with van der Waals surface area (Å²) in [6.07, 6.45) is 3.80. The Bertz CT molecular complexity index is 1480. The van der Waals surface area contributed by atoms with Crippen LogP contribution in [0, 0.1) is 17.1 Å². The molecule has 5 heterocycles. The van der Waals surface area contributed by atoms with Crippen molar-refractivity contribution in [1.29, 1.82) is 5.26 Å². The minimum atomic E-state index is -0.515. The van der Waals surface area contributed by atoms with E-state index in [0.717, 1.165) is 34.5 Å². The van der Waals surface area contributed by atoms with Crippen molar-refractivity contribution in [2.45, 2.75) is 31.9 Å². The molecule has 6 rings (SSSR count). The Hall–Kier alpha value is -4.19. The van der Waals surface area contributed by atoms with E-state index in [-0.39, 0.29) is 17.6 Å². The first kappa shape index (κ1) is 19.5. The number of halogens is 1. The van der Waals surface area contributed by atoms with Gasteiger partial charge in [-0.3, -0.25) is 9.36 Å². The van der Waals surface area contributed by atoms with Crippen LogP contribution in [0.5, 0.6) is 5.75 Å². The van der Waals surface area contributed by atoms with Crippen LogP contribution in [0.4, 0.5) is 10.2 Å². The van der Waals surface area contributed by atoms with Gasteiger partial charge < -0.3 is 10.5 Å². The van der Waals surface area contributed by atoms with Crippen LogP contribution in [-0.4, -0.2) is 24.5 Å². The fourth-order valence-corrected chi connectivity index (χ4v) is 5.12. The number of hydrogen-bond donors (Lipinski definition) is 1. The molecular weight excluding hydrogens is 421 g/mol. The molecular formula is C24H20FN7O. The lowest BCUT2D eigenvalue weighted by Gasteiger charge is -2.22. The van der Waals surface area contributed by atoms with Gasteiger partial charge >= 0.3 is 0 Å². The highest BCUT2D eigenvalue weighted by Gasteiger charge is 2.36. The fraction of sp³-hybridized carbons (Fsp3) is 0.250.